The Hall–Kier alpha value is -7.68. The number of anilines is 2. The number of aromatic carboxylic acids is 1. The molecule has 0 aliphatic rings. The molecule has 3 heterocycles. The first-order valence-electron chi connectivity index (χ1n) is 21.8. The van der Waals surface area contributed by atoms with Gasteiger partial charge in [-0.1, -0.05) is 37.2 Å². The number of carboxylic acid groups (broad SMARTS) is 2. The number of fused-ring (bicyclic) bond motifs is 1. The van der Waals surface area contributed by atoms with Crippen molar-refractivity contribution >= 4 is 56.8 Å². The van der Waals surface area contributed by atoms with Gasteiger partial charge < -0.3 is 45.6 Å². The summed E-state index contributed by atoms with van der Waals surface area (Å²) in [7, 11) is 3.96. The van der Waals surface area contributed by atoms with E-state index in [1.54, 1.807) is 43.5 Å². The number of ether oxygens (including phenoxy) is 1. The van der Waals surface area contributed by atoms with Crippen molar-refractivity contribution in [3.63, 3.8) is 0 Å². The number of carbonyl (C=O) groups is 4. The summed E-state index contributed by atoms with van der Waals surface area (Å²) in [5.41, 5.74) is 2.76. The van der Waals surface area contributed by atoms with E-state index in [0.29, 0.717) is 40.8 Å². The number of nitrogens with two attached hydrogens (primary N) is 1. The molecule has 0 aliphatic carbocycles. The van der Waals surface area contributed by atoms with Gasteiger partial charge >= 0.3 is 29.8 Å². The second kappa shape index (κ2) is 27.2. The monoisotopic (exact) mass is 1150 g/mol. The number of esters is 1. The molecule has 3 aromatic heterocycles. The van der Waals surface area contributed by atoms with E-state index >= 15 is 0 Å². The molecule has 0 fully saturated rings. The van der Waals surface area contributed by atoms with Gasteiger partial charge in [0.05, 0.1) is 12.7 Å². The first-order chi connectivity index (χ1) is 34.7. The number of aromatic nitrogens is 4. The molecule has 0 radical (unpaired) electrons. The Kier molecular flexibility index (Phi) is 23.1. The molecule has 0 bridgehead atoms. The fraction of sp³-hybridized carbons (Fsp3) is 0.327. The summed E-state index contributed by atoms with van der Waals surface area (Å²) in [5.74, 6) is -12.6. The Morgan fingerprint density at radius 3 is 1.70 bits per heavy atom. The number of carbonyl (C=O) groups excluding carboxylic acids is 2. The molecule has 0 spiro atoms. The molecular formula is C49H54BrF9N8O9. The molecule has 6 aromatic rings. The zero-order valence-electron chi connectivity index (χ0n) is 41.2. The Morgan fingerprint density at radius 1 is 0.776 bits per heavy atom. The number of aliphatic carboxylic acids is 1. The molecular weight excluding hydrogens is 1100 g/mol. The second-order valence-electron chi connectivity index (χ2n) is 16.7. The Morgan fingerprint density at radius 2 is 1.25 bits per heavy atom. The number of pyridine rings is 1. The van der Waals surface area contributed by atoms with Gasteiger partial charge in [0.1, 0.15) is 69.3 Å². The summed E-state index contributed by atoms with van der Waals surface area (Å²) < 4.78 is 127. The number of rotatable bonds is 12. The van der Waals surface area contributed by atoms with E-state index in [2.05, 4.69) is 36.3 Å². The van der Waals surface area contributed by atoms with E-state index < -0.39 is 111 Å². The fourth-order valence-electron chi connectivity index (χ4n) is 6.56. The number of nitrogens with zero attached hydrogens (tertiary/aromatic N) is 4. The standard InChI is InChI=1S/C27H28F2N6O5.C10H8F5NO2.C8H5BrF2O2.C3H9N.CH4/c1-13(2)31-15-10-18(28)22(19(29)11-15)24(36)32-20(26(38)39)12-16-6-7-17(23-30-8-9-35(16)23)21-14(3)33(4)27(40)34(5)25(21)37;1-4(10(13,14)15)16-5-2-6(11)8(9(17)18)7(12)3-5;1-13-8(12)7-5(10)2-4(9)3-6(7)11;1-3(2)4;/h6-11,13,20,31H,12H2,1-5H3,(H,32,36)(H,38,39);2-4,16H,1H3,(H,17,18);2-3H,1H3;3H,4H2,1-2H3;1H4/t20-;4-;;;/m01.../s1. The second-order valence-corrected chi connectivity index (χ2v) is 17.6. The van der Waals surface area contributed by atoms with Gasteiger partial charge in [-0.25, -0.2) is 50.5 Å². The summed E-state index contributed by atoms with van der Waals surface area (Å²) in [6, 6.07) is 4.70. The predicted octanol–water partition coefficient (Wildman–Crippen LogP) is 8.76. The van der Waals surface area contributed by atoms with Crippen molar-refractivity contribution in [3.05, 3.63) is 149 Å². The maximum absolute atomic E-state index is 14.7. The van der Waals surface area contributed by atoms with Crippen LogP contribution in [0.15, 0.2) is 75.0 Å². The smallest absolute Gasteiger partial charge is 0.408 e. The van der Waals surface area contributed by atoms with Crippen LogP contribution in [0.5, 0.6) is 0 Å². The number of nitrogens with one attached hydrogen (secondary N) is 3. The van der Waals surface area contributed by atoms with Gasteiger partial charge in [-0.05, 0) is 82.3 Å². The van der Waals surface area contributed by atoms with Crippen LogP contribution in [0.4, 0.5) is 50.9 Å². The highest BCUT2D eigenvalue weighted by Crippen LogP contribution is 2.28. The van der Waals surface area contributed by atoms with Crippen LogP contribution < -0.4 is 32.9 Å². The summed E-state index contributed by atoms with van der Waals surface area (Å²) in [6.45, 7) is 9.84. The quantitative estimate of drug-likeness (QED) is 0.0497. The van der Waals surface area contributed by atoms with Crippen molar-refractivity contribution in [2.75, 3.05) is 17.7 Å². The molecule has 6 rings (SSSR count). The topological polar surface area (TPSA) is 241 Å². The van der Waals surface area contributed by atoms with Gasteiger partial charge in [-0.2, -0.15) is 13.2 Å². The predicted molar refractivity (Wildman–Crippen MR) is 267 cm³/mol. The van der Waals surface area contributed by atoms with Gasteiger partial charge in [0.15, 0.2) is 0 Å². The zero-order valence-corrected chi connectivity index (χ0v) is 42.8. The van der Waals surface area contributed by atoms with E-state index in [4.69, 9.17) is 10.8 Å². The number of hydrogen-bond donors (Lipinski definition) is 6. The van der Waals surface area contributed by atoms with Crippen LogP contribution in [-0.4, -0.2) is 90.0 Å². The van der Waals surface area contributed by atoms with Crippen molar-refractivity contribution in [1.29, 1.82) is 0 Å². The van der Waals surface area contributed by atoms with Crippen LogP contribution >= 0.6 is 15.9 Å². The average Bonchev–Trinajstić information content (AvgIpc) is 3.78. The highest BCUT2D eigenvalue weighted by atomic mass is 79.9. The lowest BCUT2D eigenvalue weighted by molar-refractivity contribution is -0.139. The van der Waals surface area contributed by atoms with Gasteiger partial charge in [0, 0.05) is 71.8 Å². The van der Waals surface area contributed by atoms with Crippen molar-refractivity contribution in [1.82, 2.24) is 23.8 Å². The lowest BCUT2D eigenvalue weighted by Crippen LogP contribution is -2.43. The molecule has 7 N–H and O–H groups in total. The average molecular weight is 1150 g/mol. The molecule has 1 amide bonds. The molecule has 0 aliphatic heterocycles. The third kappa shape index (κ3) is 16.4. The maximum atomic E-state index is 14.7. The number of imidazole rings is 1. The number of alkyl halides is 3. The van der Waals surface area contributed by atoms with Crippen molar-refractivity contribution in [2.45, 2.75) is 85.7 Å². The van der Waals surface area contributed by atoms with E-state index in [1.807, 2.05) is 19.2 Å². The van der Waals surface area contributed by atoms with E-state index in [9.17, 15) is 73.4 Å². The molecule has 414 valence electrons. The third-order valence-corrected chi connectivity index (χ3v) is 10.6. The Bertz CT molecular complexity index is 3140. The molecule has 3 aromatic carbocycles. The molecule has 76 heavy (non-hydrogen) atoms. The van der Waals surface area contributed by atoms with Gasteiger partial charge in [0.2, 0.25) is 0 Å². The summed E-state index contributed by atoms with van der Waals surface area (Å²) >= 11 is 2.89. The highest BCUT2D eigenvalue weighted by Gasteiger charge is 2.36. The summed E-state index contributed by atoms with van der Waals surface area (Å²) in [4.78, 5) is 75.8. The van der Waals surface area contributed by atoms with Crippen molar-refractivity contribution < 1.29 is 73.6 Å². The number of benzene rings is 3. The molecule has 2 atom stereocenters. The van der Waals surface area contributed by atoms with E-state index in [0.717, 1.165) is 42.9 Å². The minimum absolute atomic E-state index is 0. The maximum Gasteiger partial charge on any atom is 0.408 e. The molecule has 0 unspecified atom stereocenters. The Balaban J connectivity index is 0.000000450. The number of hydrogen-bond acceptors (Lipinski definition) is 11. The van der Waals surface area contributed by atoms with Crippen molar-refractivity contribution in [3.8, 4) is 11.1 Å². The highest BCUT2D eigenvalue weighted by molar-refractivity contribution is 9.10. The van der Waals surface area contributed by atoms with Gasteiger partial charge in [-0.3, -0.25) is 14.2 Å². The normalized spacial score (nSPS) is 11.7. The third-order valence-electron chi connectivity index (χ3n) is 10.1. The number of carboxylic acids is 2. The number of methoxy groups -OCH3 is 1. The number of amides is 1. The van der Waals surface area contributed by atoms with Crippen LogP contribution in [0.25, 0.3) is 16.8 Å². The SMILES string of the molecule is C.CC(C)N.COC(=O)c1c(F)cc(Br)cc1F.C[C@@H](Nc1cc(F)c(C(=O)O)c(F)c1)C(F)(F)F.Cc1c(-c2ccc(C[C@H](NC(=O)c3c(F)cc(NC(C)C)cc3F)C(=O)O)n3ccnc23)c(=O)n(C)c(=O)n1C. The van der Waals surface area contributed by atoms with Crippen molar-refractivity contribution in [2.24, 2.45) is 19.8 Å². The molecule has 0 saturated heterocycles. The van der Waals surface area contributed by atoms with Crippen LogP contribution in [0.3, 0.4) is 0 Å². The molecule has 27 heteroatoms. The van der Waals surface area contributed by atoms with Crippen LogP contribution in [-0.2, 0) is 30.0 Å². The summed E-state index contributed by atoms with van der Waals surface area (Å²) in [5, 5.41) is 25.2. The number of halogens is 10. The lowest BCUT2D eigenvalue weighted by atomic mass is 10.0. The van der Waals surface area contributed by atoms with Crippen LogP contribution in [0.1, 0.15) is 84.5 Å². The zero-order chi connectivity index (χ0) is 57.1. The van der Waals surface area contributed by atoms with Crippen LogP contribution in [0, 0.1) is 41.8 Å². The molecule has 17 nitrogen and oxygen atoms in total. The minimum atomic E-state index is -4.58. The van der Waals surface area contributed by atoms with E-state index in [1.165, 1.54) is 24.9 Å². The van der Waals surface area contributed by atoms with Gasteiger partial charge in [-0.15, -0.1) is 0 Å². The van der Waals surface area contributed by atoms with Gasteiger partial charge in [0.25, 0.3) is 11.5 Å². The minimum Gasteiger partial charge on any atom is -0.480 e. The largest absolute Gasteiger partial charge is 0.480 e. The fourth-order valence-corrected chi connectivity index (χ4v) is 6.97. The first kappa shape index (κ1) is 64.4. The first-order valence-corrected chi connectivity index (χ1v) is 22.6. The van der Waals surface area contributed by atoms with Crippen LogP contribution in [0.2, 0.25) is 0 Å². The molecule has 0 saturated carbocycles. The van der Waals surface area contributed by atoms with E-state index in [-0.39, 0.29) is 35.6 Å². The lowest BCUT2D eigenvalue weighted by Gasteiger charge is -2.18. The summed E-state index contributed by atoms with van der Waals surface area (Å²) in [6.07, 6.45) is -1.85. The Labute approximate surface area is 436 Å².